The number of aromatic nitrogens is 3. The van der Waals surface area contributed by atoms with Crippen molar-refractivity contribution in [1.82, 2.24) is 14.8 Å². The molecule has 0 atom stereocenters. The summed E-state index contributed by atoms with van der Waals surface area (Å²) in [5.41, 5.74) is 0. The highest BCUT2D eigenvalue weighted by atomic mass is 35.5. The Bertz CT molecular complexity index is 428. The lowest BCUT2D eigenvalue weighted by molar-refractivity contribution is -0.160. The van der Waals surface area contributed by atoms with Crippen LogP contribution < -0.4 is 0 Å². The van der Waals surface area contributed by atoms with E-state index in [2.05, 4.69) is 10.1 Å². The summed E-state index contributed by atoms with van der Waals surface area (Å²) in [7, 11) is 0. The fraction of sp³-hybridized carbons (Fsp3) is 0.600. The molecule has 100 valence electrons. The molecule has 0 aliphatic carbocycles. The zero-order valence-corrected chi connectivity index (χ0v) is 11.1. The summed E-state index contributed by atoms with van der Waals surface area (Å²) >= 11 is 5.80. The maximum Gasteiger partial charge on any atom is 0.342 e. The van der Waals surface area contributed by atoms with E-state index in [1.165, 1.54) is 0 Å². The predicted molar refractivity (Wildman–Crippen MR) is 62.1 cm³/mol. The molecule has 18 heavy (non-hydrogen) atoms. The minimum absolute atomic E-state index is 0.0707. The minimum Gasteiger partial charge on any atom is -0.464 e. The van der Waals surface area contributed by atoms with E-state index in [1.54, 1.807) is 20.8 Å². The van der Waals surface area contributed by atoms with Gasteiger partial charge in [-0.25, -0.2) is 19.3 Å². The van der Waals surface area contributed by atoms with Gasteiger partial charge < -0.3 is 9.47 Å². The highest BCUT2D eigenvalue weighted by Crippen LogP contribution is 2.16. The van der Waals surface area contributed by atoms with Crippen molar-refractivity contribution in [2.24, 2.45) is 0 Å². The molecule has 0 N–H and O–H groups in total. The normalized spacial score (nSPS) is 10.5. The molecule has 1 heterocycles. The molecule has 0 fully saturated rings. The Hall–Kier alpha value is -1.63. The summed E-state index contributed by atoms with van der Waals surface area (Å²) in [6.07, 6.45) is 0. The molecule has 0 saturated carbocycles. The highest BCUT2D eigenvalue weighted by Gasteiger charge is 2.34. The molecule has 0 aliphatic rings. The van der Waals surface area contributed by atoms with Crippen molar-refractivity contribution in [2.45, 2.75) is 26.8 Å². The molecule has 0 unspecified atom stereocenters. The van der Waals surface area contributed by atoms with Gasteiger partial charge in [0.25, 0.3) is 0 Å². The van der Waals surface area contributed by atoms with Crippen molar-refractivity contribution in [3.05, 3.63) is 11.1 Å². The second-order valence-corrected chi connectivity index (χ2v) is 3.62. The predicted octanol–water partition coefficient (Wildman–Crippen LogP) is 0.907. The summed E-state index contributed by atoms with van der Waals surface area (Å²) in [6, 6.07) is -1.36. The van der Waals surface area contributed by atoms with Gasteiger partial charge in [0.05, 0.1) is 13.2 Å². The molecule has 0 radical (unpaired) electrons. The molecule has 0 bridgehead atoms. The maximum absolute atomic E-state index is 11.8. The Balaban J connectivity index is 3.07. The number of hydrogen-bond acceptors (Lipinski definition) is 6. The van der Waals surface area contributed by atoms with Crippen LogP contribution in [0.1, 0.15) is 25.7 Å². The van der Waals surface area contributed by atoms with E-state index in [0.29, 0.717) is 5.82 Å². The highest BCUT2D eigenvalue weighted by molar-refractivity contribution is 6.28. The van der Waals surface area contributed by atoms with E-state index in [-0.39, 0.29) is 18.5 Å². The number of rotatable bonds is 5. The van der Waals surface area contributed by atoms with Crippen molar-refractivity contribution < 1.29 is 19.1 Å². The third-order valence-electron chi connectivity index (χ3n) is 1.96. The summed E-state index contributed by atoms with van der Waals surface area (Å²) < 4.78 is 10.6. The van der Waals surface area contributed by atoms with Gasteiger partial charge in [-0.3, -0.25) is 0 Å². The molecule has 0 aliphatic heterocycles. The Kier molecular flexibility index (Phi) is 5.08. The first-order valence-corrected chi connectivity index (χ1v) is 5.80. The van der Waals surface area contributed by atoms with Gasteiger partial charge in [-0.2, -0.15) is 5.10 Å². The molecular formula is C10H14ClN3O4. The summed E-state index contributed by atoms with van der Waals surface area (Å²) in [5.74, 6) is -1.20. The molecule has 1 aromatic rings. The third-order valence-corrected chi connectivity index (χ3v) is 2.22. The standard InChI is InChI=1S/C10H14ClN3O4/c1-4-17-8(15)7(9(16)18-5-2)14-10(11)12-6(3)13-14/h7H,4-5H2,1-3H3. The molecule has 1 rings (SSSR count). The van der Waals surface area contributed by atoms with E-state index < -0.39 is 18.0 Å². The van der Waals surface area contributed by atoms with Crippen molar-refractivity contribution in [1.29, 1.82) is 0 Å². The lowest BCUT2D eigenvalue weighted by Gasteiger charge is -2.14. The van der Waals surface area contributed by atoms with Gasteiger partial charge in [0.2, 0.25) is 11.3 Å². The van der Waals surface area contributed by atoms with Crippen LogP contribution in [0.2, 0.25) is 5.28 Å². The number of hydrogen-bond donors (Lipinski definition) is 0. The summed E-state index contributed by atoms with van der Waals surface area (Å²) in [6.45, 7) is 5.14. The molecular weight excluding hydrogens is 262 g/mol. The number of ether oxygens (including phenoxy) is 2. The molecule has 0 spiro atoms. The maximum atomic E-state index is 11.8. The van der Waals surface area contributed by atoms with Gasteiger partial charge >= 0.3 is 11.9 Å². The number of halogens is 1. The van der Waals surface area contributed by atoms with Crippen molar-refractivity contribution in [3.63, 3.8) is 0 Å². The first kappa shape index (κ1) is 14.4. The van der Waals surface area contributed by atoms with Crippen LogP contribution in [0.4, 0.5) is 0 Å². The van der Waals surface area contributed by atoms with Crippen LogP contribution in [0.5, 0.6) is 0 Å². The van der Waals surface area contributed by atoms with Crippen LogP contribution in [0, 0.1) is 6.92 Å². The number of esters is 2. The Morgan fingerprint density at radius 2 is 1.78 bits per heavy atom. The largest absolute Gasteiger partial charge is 0.464 e. The smallest absolute Gasteiger partial charge is 0.342 e. The first-order valence-electron chi connectivity index (χ1n) is 5.43. The van der Waals surface area contributed by atoms with Crippen molar-refractivity contribution in [3.8, 4) is 0 Å². The number of carbonyl (C=O) groups is 2. The van der Waals surface area contributed by atoms with Crippen LogP contribution in [-0.2, 0) is 19.1 Å². The fourth-order valence-corrected chi connectivity index (χ4v) is 1.56. The lowest BCUT2D eigenvalue weighted by Crippen LogP contribution is -2.32. The van der Waals surface area contributed by atoms with Gasteiger partial charge in [-0.05, 0) is 32.4 Å². The number of nitrogens with zero attached hydrogens (tertiary/aromatic N) is 3. The van der Waals surface area contributed by atoms with Crippen LogP contribution in [-0.4, -0.2) is 39.9 Å². The number of aryl methyl sites for hydroxylation is 1. The topological polar surface area (TPSA) is 83.3 Å². The van der Waals surface area contributed by atoms with Gasteiger partial charge in [0, 0.05) is 0 Å². The average Bonchev–Trinajstić information content (AvgIpc) is 2.59. The quantitative estimate of drug-likeness (QED) is 0.587. The minimum atomic E-state index is -1.36. The van der Waals surface area contributed by atoms with Crippen LogP contribution in [0.3, 0.4) is 0 Å². The number of carbonyl (C=O) groups excluding carboxylic acids is 2. The summed E-state index contributed by atoms with van der Waals surface area (Å²) in [5, 5.41) is 3.82. The third kappa shape index (κ3) is 3.19. The van der Waals surface area contributed by atoms with Gasteiger partial charge in [0.15, 0.2) is 0 Å². The van der Waals surface area contributed by atoms with Crippen molar-refractivity contribution in [2.75, 3.05) is 13.2 Å². The molecule has 0 aromatic carbocycles. The van der Waals surface area contributed by atoms with E-state index in [4.69, 9.17) is 21.1 Å². The van der Waals surface area contributed by atoms with Gasteiger partial charge in [-0.15, -0.1) is 0 Å². The van der Waals surface area contributed by atoms with Crippen LogP contribution in [0.15, 0.2) is 0 Å². The molecule has 7 nitrogen and oxygen atoms in total. The molecule has 8 heteroatoms. The van der Waals surface area contributed by atoms with Crippen molar-refractivity contribution >= 4 is 23.5 Å². The Morgan fingerprint density at radius 1 is 1.28 bits per heavy atom. The molecule has 0 saturated heterocycles. The van der Waals surface area contributed by atoms with E-state index in [1.807, 2.05) is 0 Å². The zero-order valence-electron chi connectivity index (χ0n) is 10.3. The van der Waals surface area contributed by atoms with E-state index in [9.17, 15) is 9.59 Å². The zero-order chi connectivity index (χ0) is 13.7. The first-order chi connectivity index (χ1) is 8.51. The second-order valence-electron chi connectivity index (χ2n) is 3.28. The van der Waals surface area contributed by atoms with Gasteiger partial charge in [0.1, 0.15) is 5.82 Å². The SMILES string of the molecule is CCOC(=O)C(C(=O)OCC)n1nc(C)nc1Cl. The second kappa shape index (κ2) is 6.34. The van der Waals surface area contributed by atoms with E-state index in [0.717, 1.165) is 4.68 Å². The lowest BCUT2D eigenvalue weighted by atomic mass is 10.3. The van der Waals surface area contributed by atoms with Crippen LogP contribution >= 0.6 is 11.6 Å². The van der Waals surface area contributed by atoms with E-state index >= 15 is 0 Å². The monoisotopic (exact) mass is 275 g/mol. The summed E-state index contributed by atoms with van der Waals surface area (Å²) in [4.78, 5) is 27.3. The van der Waals surface area contributed by atoms with Gasteiger partial charge in [-0.1, -0.05) is 0 Å². The molecule has 0 amide bonds. The Labute approximate surface area is 109 Å². The fourth-order valence-electron chi connectivity index (χ4n) is 1.31. The Morgan fingerprint density at radius 3 is 2.11 bits per heavy atom. The molecule has 1 aromatic heterocycles. The average molecular weight is 276 g/mol. The van der Waals surface area contributed by atoms with Crippen LogP contribution in [0.25, 0.3) is 0 Å².